The number of imide groups is 1. The van der Waals surface area contributed by atoms with E-state index in [1.165, 1.54) is 4.90 Å². The Labute approximate surface area is 283 Å². The van der Waals surface area contributed by atoms with Gasteiger partial charge < -0.3 is 4.57 Å². The van der Waals surface area contributed by atoms with E-state index in [1.807, 2.05) is 106 Å². The molecule has 0 bridgehead atoms. The number of amides is 2. The van der Waals surface area contributed by atoms with Crippen molar-refractivity contribution in [2.45, 2.75) is 20.8 Å². The molecule has 0 spiro atoms. The molecular weight excluding hydrogens is 604 g/mol. The topological polar surface area (TPSA) is 70.5 Å². The molecule has 0 atom stereocenters. The Morgan fingerprint density at radius 2 is 1.22 bits per heavy atom. The van der Waals surface area contributed by atoms with Crippen LogP contribution in [0.1, 0.15) is 43.0 Å². The van der Waals surface area contributed by atoms with Crippen LogP contribution < -0.4 is 4.90 Å². The lowest BCUT2D eigenvalue weighted by Gasteiger charge is -2.20. The number of anilines is 1. The van der Waals surface area contributed by atoms with Gasteiger partial charge in [-0.1, -0.05) is 90.5 Å². The number of aromatic nitrogens is 1. The van der Waals surface area contributed by atoms with Gasteiger partial charge in [0.25, 0.3) is 11.8 Å². The van der Waals surface area contributed by atoms with Crippen molar-refractivity contribution in [2.24, 2.45) is 0 Å². The van der Waals surface area contributed by atoms with E-state index in [9.17, 15) is 14.9 Å². The maximum absolute atomic E-state index is 14.7. The van der Waals surface area contributed by atoms with Gasteiger partial charge in [0.2, 0.25) is 0 Å². The van der Waals surface area contributed by atoms with Crippen molar-refractivity contribution in [1.29, 1.82) is 5.26 Å². The van der Waals surface area contributed by atoms with E-state index in [2.05, 4.69) is 27.6 Å². The number of hydrogen-bond acceptors (Lipinski definition) is 3. The van der Waals surface area contributed by atoms with E-state index in [1.54, 1.807) is 18.2 Å². The van der Waals surface area contributed by atoms with Gasteiger partial charge in [-0.05, 0) is 73.4 Å². The van der Waals surface area contributed by atoms with Crippen molar-refractivity contribution in [1.82, 2.24) is 4.57 Å². The molecule has 1 aliphatic heterocycles. The summed E-state index contributed by atoms with van der Waals surface area (Å²) in [7, 11) is 0. The molecule has 8 rings (SSSR count). The largest absolute Gasteiger partial charge is 0.307 e. The minimum absolute atomic E-state index is 0.330. The predicted molar refractivity (Wildman–Crippen MR) is 194 cm³/mol. The summed E-state index contributed by atoms with van der Waals surface area (Å²) in [6, 6.07) is 38.9. The van der Waals surface area contributed by atoms with Gasteiger partial charge in [0.15, 0.2) is 5.69 Å². The molecule has 0 N–H and O–H groups in total. The lowest BCUT2D eigenvalue weighted by molar-refractivity contribution is 0.0925. The van der Waals surface area contributed by atoms with Crippen LogP contribution in [0.3, 0.4) is 0 Å². The second kappa shape index (κ2) is 11.2. The minimum Gasteiger partial charge on any atom is -0.307 e. The first kappa shape index (κ1) is 29.6. The minimum atomic E-state index is -0.378. The van der Waals surface area contributed by atoms with Crippen LogP contribution in [0.5, 0.6) is 0 Å². The first-order chi connectivity index (χ1) is 23.8. The average molecular weight is 633 g/mol. The fourth-order valence-electron chi connectivity index (χ4n) is 7.50. The van der Waals surface area contributed by atoms with Crippen molar-refractivity contribution in [3.8, 4) is 34.0 Å². The maximum atomic E-state index is 14.7. The summed E-state index contributed by atoms with van der Waals surface area (Å²) in [4.78, 5) is 33.9. The Kier molecular flexibility index (Phi) is 6.77. The lowest BCUT2D eigenvalue weighted by atomic mass is 9.99. The third kappa shape index (κ3) is 4.47. The molecule has 232 valence electrons. The highest BCUT2D eigenvalue weighted by molar-refractivity contribution is 6.36. The fraction of sp³-hybridized carbons (Fsp3) is 0.0698. The Bertz CT molecular complexity index is 2530. The van der Waals surface area contributed by atoms with Crippen molar-refractivity contribution >= 4 is 45.0 Å². The predicted octanol–water partition coefficient (Wildman–Crippen LogP) is 10.3. The van der Waals surface area contributed by atoms with Crippen molar-refractivity contribution in [3.63, 3.8) is 0 Å². The Balaban J connectivity index is 1.50. The highest BCUT2D eigenvalue weighted by Crippen LogP contribution is 2.45. The van der Waals surface area contributed by atoms with Crippen LogP contribution in [0.2, 0.25) is 0 Å². The summed E-state index contributed by atoms with van der Waals surface area (Å²) in [5.74, 6) is -0.735. The van der Waals surface area contributed by atoms with E-state index in [-0.39, 0.29) is 11.8 Å². The number of carbonyl (C=O) groups excluding carboxylic acids is 2. The monoisotopic (exact) mass is 632 g/mol. The molecule has 0 aliphatic carbocycles. The van der Waals surface area contributed by atoms with Gasteiger partial charge in [0.05, 0.1) is 51.7 Å². The molecule has 1 aromatic heterocycles. The standard InChI is InChI=1S/C43H28N4O2/c1-25-20-26(2)39(27(3)21-25)47-42(48)36-18-9-19-37(38(36)43(47)49)46-40-32(29-11-5-10-28(22-29)24-44)14-7-16-34(40)35-17-8-15-33(41(35)46)30-12-6-13-31(23-30)45-4/h5-23H,1-3H3. The van der Waals surface area contributed by atoms with Gasteiger partial charge in [-0.2, -0.15) is 5.26 Å². The summed E-state index contributed by atoms with van der Waals surface area (Å²) in [5.41, 5.74) is 10.8. The molecule has 49 heavy (non-hydrogen) atoms. The Morgan fingerprint density at radius 1 is 0.653 bits per heavy atom. The van der Waals surface area contributed by atoms with Crippen molar-refractivity contribution in [3.05, 3.63) is 160 Å². The highest BCUT2D eigenvalue weighted by atomic mass is 16.2. The summed E-state index contributed by atoms with van der Waals surface area (Å²) >= 11 is 0. The highest BCUT2D eigenvalue weighted by Gasteiger charge is 2.40. The van der Waals surface area contributed by atoms with E-state index in [0.29, 0.717) is 33.8 Å². The molecule has 0 radical (unpaired) electrons. The van der Waals surface area contributed by atoms with Crippen LogP contribution in [-0.2, 0) is 0 Å². The normalized spacial score (nSPS) is 12.4. The molecule has 6 aromatic carbocycles. The summed E-state index contributed by atoms with van der Waals surface area (Å²) < 4.78 is 2.10. The first-order valence-corrected chi connectivity index (χ1v) is 16.0. The van der Waals surface area contributed by atoms with Crippen LogP contribution in [0.25, 0.3) is 54.6 Å². The SMILES string of the molecule is [C-]#[N+]c1cccc(-c2cccc3c4cccc(-c5cccc(C#N)c5)c4n(-c4cccc5c4C(=O)N(c4c(C)cc(C)cc4C)C5=O)c23)c1. The van der Waals surface area contributed by atoms with E-state index in [0.717, 1.165) is 60.8 Å². The van der Waals surface area contributed by atoms with Crippen LogP contribution in [0, 0.1) is 38.7 Å². The van der Waals surface area contributed by atoms with Crippen molar-refractivity contribution < 1.29 is 9.59 Å². The number of hydrogen-bond donors (Lipinski definition) is 0. The zero-order valence-corrected chi connectivity index (χ0v) is 27.1. The van der Waals surface area contributed by atoms with Gasteiger partial charge in [-0.3, -0.25) is 9.59 Å². The van der Waals surface area contributed by atoms with E-state index < -0.39 is 0 Å². The molecule has 0 saturated carbocycles. The fourth-order valence-corrected chi connectivity index (χ4v) is 7.50. The number of rotatable bonds is 4. The quantitative estimate of drug-likeness (QED) is 0.143. The third-order valence-corrected chi connectivity index (χ3v) is 9.39. The molecule has 0 unspecified atom stereocenters. The van der Waals surface area contributed by atoms with Gasteiger partial charge in [0.1, 0.15) is 0 Å². The maximum Gasteiger partial charge on any atom is 0.268 e. The molecule has 2 amide bonds. The zero-order chi connectivity index (χ0) is 34.0. The summed E-state index contributed by atoms with van der Waals surface area (Å²) in [6.45, 7) is 13.5. The van der Waals surface area contributed by atoms with Gasteiger partial charge >= 0.3 is 0 Å². The summed E-state index contributed by atoms with van der Waals surface area (Å²) in [5, 5.41) is 11.7. The van der Waals surface area contributed by atoms with E-state index in [4.69, 9.17) is 6.57 Å². The number of fused-ring (bicyclic) bond motifs is 4. The second-order valence-electron chi connectivity index (χ2n) is 12.5. The average Bonchev–Trinajstić information content (AvgIpc) is 3.59. The molecular formula is C43H28N4O2. The number of nitrogens with zero attached hydrogens (tertiary/aromatic N) is 4. The Hall–Kier alpha value is -6.76. The number of carbonyl (C=O) groups is 2. The number of para-hydroxylation sites is 2. The zero-order valence-electron chi connectivity index (χ0n) is 27.1. The lowest BCUT2D eigenvalue weighted by Crippen LogP contribution is -2.31. The third-order valence-electron chi connectivity index (χ3n) is 9.39. The van der Waals surface area contributed by atoms with Crippen LogP contribution >= 0.6 is 0 Å². The first-order valence-electron chi connectivity index (χ1n) is 16.0. The van der Waals surface area contributed by atoms with Crippen LogP contribution in [-0.4, -0.2) is 16.4 Å². The molecule has 6 heteroatoms. The molecule has 0 saturated heterocycles. The number of aryl methyl sites for hydroxylation is 3. The number of benzene rings is 6. The van der Waals surface area contributed by atoms with Crippen LogP contribution in [0.15, 0.2) is 115 Å². The molecule has 2 heterocycles. The van der Waals surface area contributed by atoms with Crippen LogP contribution in [0.4, 0.5) is 11.4 Å². The van der Waals surface area contributed by atoms with Gasteiger partial charge in [0, 0.05) is 21.9 Å². The molecule has 1 aliphatic rings. The van der Waals surface area contributed by atoms with E-state index >= 15 is 0 Å². The molecule has 0 fully saturated rings. The summed E-state index contributed by atoms with van der Waals surface area (Å²) in [6.07, 6.45) is 0. The smallest absolute Gasteiger partial charge is 0.268 e. The second-order valence-corrected chi connectivity index (χ2v) is 12.5. The van der Waals surface area contributed by atoms with Crippen molar-refractivity contribution in [2.75, 3.05) is 4.90 Å². The molecule has 7 aromatic rings. The molecule has 6 nitrogen and oxygen atoms in total. The Morgan fingerprint density at radius 3 is 1.86 bits per heavy atom. The van der Waals surface area contributed by atoms with Gasteiger partial charge in [-0.25, -0.2) is 9.74 Å². The number of nitriles is 1. The van der Waals surface area contributed by atoms with Gasteiger partial charge in [-0.15, -0.1) is 0 Å².